The normalized spacial score (nSPS) is 31.0. The molecule has 0 bridgehead atoms. The standard InChI is InChI=1S/C10H20O2/c1-8-6-9(12-7-8)10(2,3)4-5-11/h8-9,11H,4-7H2,1-3H3. The fourth-order valence-electron chi connectivity index (χ4n) is 1.78. The molecule has 1 N–H and O–H groups in total. The van der Waals surface area contributed by atoms with Crippen molar-refractivity contribution in [2.75, 3.05) is 13.2 Å². The van der Waals surface area contributed by atoms with Crippen molar-refractivity contribution in [3.05, 3.63) is 0 Å². The van der Waals surface area contributed by atoms with Crippen molar-refractivity contribution < 1.29 is 9.84 Å². The topological polar surface area (TPSA) is 29.5 Å². The molecule has 0 aromatic heterocycles. The fraction of sp³-hybridized carbons (Fsp3) is 1.00. The van der Waals surface area contributed by atoms with Crippen LogP contribution in [-0.4, -0.2) is 24.4 Å². The number of hydrogen-bond acceptors (Lipinski definition) is 2. The second kappa shape index (κ2) is 3.75. The third-order valence-electron chi connectivity index (χ3n) is 2.83. The quantitative estimate of drug-likeness (QED) is 0.703. The van der Waals surface area contributed by atoms with Crippen LogP contribution in [0.1, 0.15) is 33.6 Å². The van der Waals surface area contributed by atoms with E-state index in [2.05, 4.69) is 20.8 Å². The van der Waals surface area contributed by atoms with Crippen LogP contribution in [0.4, 0.5) is 0 Å². The Bertz CT molecular complexity index is 143. The van der Waals surface area contributed by atoms with Crippen LogP contribution in [0, 0.1) is 11.3 Å². The number of ether oxygens (including phenoxy) is 1. The average molecular weight is 172 g/mol. The number of rotatable bonds is 3. The van der Waals surface area contributed by atoms with Crippen molar-refractivity contribution >= 4 is 0 Å². The van der Waals surface area contributed by atoms with E-state index in [-0.39, 0.29) is 12.0 Å². The molecule has 0 aliphatic carbocycles. The zero-order chi connectivity index (χ0) is 9.19. The predicted molar refractivity (Wildman–Crippen MR) is 49.0 cm³/mol. The van der Waals surface area contributed by atoms with Crippen molar-refractivity contribution in [1.82, 2.24) is 0 Å². The monoisotopic (exact) mass is 172 g/mol. The van der Waals surface area contributed by atoms with Gasteiger partial charge in [-0.2, -0.15) is 0 Å². The van der Waals surface area contributed by atoms with E-state index in [1.54, 1.807) is 0 Å². The molecule has 0 radical (unpaired) electrons. The SMILES string of the molecule is CC1COC(C(C)(C)CCO)C1. The van der Waals surface area contributed by atoms with Crippen molar-refractivity contribution in [3.8, 4) is 0 Å². The summed E-state index contributed by atoms with van der Waals surface area (Å²) < 4.78 is 5.67. The highest BCUT2D eigenvalue weighted by atomic mass is 16.5. The largest absolute Gasteiger partial charge is 0.396 e. The molecule has 1 heterocycles. The molecule has 1 aliphatic heterocycles. The first-order valence-electron chi connectivity index (χ1n) is 4.78. The molecule has 1 aliphatic rings. The van der Waals surface area contributed by atoms with Gasteiger partial charge in [-0.25, -0.2) is 0 Å². The third-order valence-corrected chi connectivity index (χ3v) is 2.83. The van der Waals surface area contributed by atoms with Gasteiger partial charge in [0.2, 0.25) is 0 Å². The summed E-state index contributed by atoms with van der Waals surface area (Å²) in [6, 6.07) is 0. The van der Waals surface area contributed by atoms with Crippen LogP contribution >= 0.6 is 0 Å². The molecule has 72 valence electrons. The summed E-state index contributed by atoms with van der Waals surface area (Å²) in [5.41, 5.74) is 0.138. The van der Waals surface area contributed by atoms with Gasteiger partial charge in [0.05, 0.1) is 6.10 Å². The Hall–Kier alpha value is -0.0800. The molecule has 2 nitrogen and oxygen atoms in total. The van der Waals surface area contributed by atoms with Gasteiger partial charge in [-0.3, -0.25) is 0 Å². The van der Waals surface area contributed by atoms with E-state index < -0.39 is 0 Å². The van der Waals surface area contributed by atoms with E-state index in [1.165, 1.54) is 0 Å². The minimum Gasteiger partial charge on any atom is -0.396 e. The Morgan fingerprint density at radius 3 is 2.58 bits per heavy atom. The van der Waals surface area contributed by atoms with E-state index >= 15 is 0 Å². The lowest BCUT2D eigenvalue weighted by Crippen LogP contribution is -2.29. The van der Waals surface area contributed by atoms with Crippen LogP contribution in [0.25, 0.3) is 0 Å². The summed E-state index contributed by atoms with van der Waals surface area (Å²) in [6.45, 7) is 7.72. The molecular formula is C10H20O2. The molecule has 0 spiro atoms. The van der Waals surface area contributed by atoms with Gasteiger partial charge in [-0.15, -0.1) is 0 Å². The predicted octanol–water partition coefficient (Wildman–Crippen LogP) is 1.82. The van der Waals surface area contributed by atoms with Crippen LogP contribution in [0.5, 0.6) is 0 Å². The Balaban J connectivity index is 2.45. The van der Waals surface area contributed by atoms with Gasteiger partial charge in [0.1, 0.15) is 0 Å². The van der Waals surface area contributed by atoms with E-state index in [9.17, 15) is 0 Å². The Labute approximate surface area is 74.9 Å². The molecule has 12 heavy (non-hydrogen) atoms. The lowest BCUT2D eigenvalue weighted by Gasteiger charge is -2.30. The Kier molecular flexibility index (Phi) is 3.13. The average Bonchev–Trinajstić information content (AvgIpc) is 2.36. The summed E-state index contributed by atoms with van der Waals surface area (Å²) in [6.07, 6.45) is 2.33. The number of hydrogen-bond donors (Lipinski definition) is 1. The maximum Gasteiger partial charge on any atom is 0.0630 e. The van der Waals surface area contributed by atoms with Crippen LogP contribution in [-0.2, 0) is 4.74 Å². The highest BCUT2D eigenvalue weighted by Crippen LogP contribution is 2.35. The van der Waals surface area contributed by atoms with Gasteiger partial charge >= 0.3 is 0 Å². The van der Waals surface area contributed by atoms with E-state index in [0.717, 1.165) is 19.4 Å². The van der Waals surface area contributed by atoms with Crippen molar-refractivity contribution in [1.29, 1.82) is 0 Å². The molecule has 2 heteroatoms. The molecule has 1 saturated heterocycles. The fourth-order valence-corrected chi connectivity index (χ4v) is 1.78. The first-order valence-corrected chi connectivity index (χ1v) is 4.78. The summed E-state index contributed by atoms with van der Waals surface area (Å²) in [5.74, 6) is 0.688. The first kappa shape index (κ1) is 10.0. The van der Waals surface area contributed by atoms with Crippen LogP contribution in [0.2, 0.25) is 0 Å². The van der Waals surface area contributed by atoms with Gasteiger partial charge in [0.15, 0.2) is 0 Å². The smallest absolute Gasteiger partial charge is 0.0630 e. The van der Waals surface area contributed by atoms with Crippen LogP contribution in [0.15, 0.2) is 0 Å². The van der Waals surface area contributed by atoms with E-state index in [4.69, 9.17) is 9.84 Å². The first-order chi connectivity index (χ1) is 5.56. The molecule has 1 rings (SSSR count). The highest BCUT2D eigenvalue weighted by Gasteiger charge is 2.35. The number of aliphatic hydroxyl groups excluding tert-OH is 1. The lowest BCUT2D eigenvalue weighted by molar-refractivity contribution is 0.00527. The molecule has 0 amide bonds. The van der Waals surface area contributed by atoms with E-state index in [0.29, 0.717) is 12.0 Å². The number of aliphatic hydroxyl groups is 1. The molecule has 0 aromatic rings. The molecule has 2 atom stereocenters. The third kappa shape index (κ3) is 2.20. The second-order valence-corrected chi connectivity index (χ2v) is 4.63. The summed E-state index contributed by atoms with van der Waals surface area (Å²) in [7, 11) is 0. The minimum absolute atomic E-state index is 0.138. The molecular weight excluding hydrogens is 152 g/mol. The van der Waals surface area contributed by atoms with Gasteiger partial charge in [-0.1, -0.05) is 20.8 Å². The van der Waals surface area contributed by atoms with Crippen molar-refractivity contribution in [3.63, 3.8) is 0 Å². The van der Waals surface area contributed by atoms with Crippen LogP contribution < -0.4 is 0 Å². The van der Waals surface area contributed by atoms with Gasteiger partial charge in [0.25, 0.3) is 0 Å². The summed E-state index contributed by atoms with van der Waals surface area (Å²) in [5, 5.41) is 8.87. The van der Waals surface area contributed by atoms with Crippen LogP contribution in [0.3, 0.4) is 0 Å². The maximum atomic E-state index is 8.87. The molecule has 1 fully saturated rings. The highest BCUT2D eigenvalue weighted by molar-refractivity contribution is 4.84. The van der Waals surface area contributed by atoms with Gasteiger partial charge in [0, 0.05) is 13.2 Å². The lowest BCUT2D eigenvalue weighted by atomic mass is 9.81. The molecule has 0 aromatic carbocycles. The van der Waals surface area contributed by atoms with Gasteiger partial charge in [-0.05, 0) is 24.2 Å². The minimum atomic E-state index is 0.138. The van der Waals surface area contributed by atoms with Crippen molar-refractivity contribution in [2.45, 2.75) is 39.7 Å². The molecule has 2 unspecified atom stereocenters. The second-order valence-electron chi connectivity index (χ2n) is 4.63. The maximum absolute atomic E-state index is 8.87. The summed E-state index contributed by atoms with van der Waals surface area (Å²) in [4.78, 5) is 0. The summed E-state index contributed by atoms with van der Waals surface area (Å²) >= 11 is 0. The molecule has 0 saturated carbocycles. The zero-order valence-corrected chi connectivity index (χ0v) is 8.34. The zero-order valence-electron chi connectivity index (χ0n) is 8.34. The van der Waals surface area contributed by atoms with E-state index in [1.807, 2.05) is 0 Å². The van der Waals surface area contributed by atoms with Crippen molar-refractivity contribution in [2.24, 2.45) is 11.3 Å². The van der Waals surface area contributed by atoms with Gasteiger partial charge < -0.3 is 9.84 Å². The Morgan fingerprint density at radius 2 is 2.17 bits per heavy atom. The Morgan fingerprint density at radius 1 is 1.50 bits per heavy atom.